The predicted octanol–water partition coefficient (Wildman–Crippen LogP) is 13.1. The van der Waals surface area contributed by atoms with Crippen molar-refractivity contribution < 1.29 is 0 Å². The van der Waals surface area contributed by atoms with Gasteiger partial charge in [0.15, 0.2) is 5.82 Å². The first kappa shape index (κ1) is 27.8. The van der Waals surface area contributed by atoms with Crippen LogP contribution in [0.4, 0.5) is 0 Å². The highest BCUT2D eigenvalue weighted by Crippen LogP contribution is 2.45. The summed E-state index contributed by atoms with van der Waals surface area (Å²) < 4.78 is 7.41. The minimum atomic E-state index is 0.833. The normalized spacial score (nSPS) is 12.5. The van der Waals surface area contributed by atoms with Crippen LogP contribution >= 0.6 is 11.3 Å². The van der Waals surface area contributed by atoms with Crippen molar-refractivity contribution in [2.45, 2.75) is 0 Å². The standard InChI is InChI=1S/C48H26N4S/c1-2-11-29-27(10-1)23-25-36-46(29)50-48(45(49-36)28-22-24-32-31-13-4-6-21-41(31)53-42(32)26-28)52-38-18-8-14-33-35-16-7-15-34-30-12-3-5-17-37(30)51(47(34)35)39-19-9-20-40(52)44(39)43(33)38/h1-26H. The molecule has 13 rings (SSSR count). The summed E-state index contributed by atoms with van der Waals surface area (Å²) >= 11 is 1.83. The molecule has 244 valence electrons. The summed E-state index contributed by atoms with van der Waals surface area (Å²) in [4.78, 5) is 11.2. The molecule has 0 N–H and O–H groups in total. The summed E-state index contributed by atoms with van der Waals surface area (Å²) in [5.74, 6) is 0.833. The molecule has 0 saturated heterocycles. The Balaban J connectivity index is 1.23. The van der Waals surface area contributed by atoms with Gasteiger partial charge in [-0.2, -0.15) is 0 Å². The van der Waals surface area contributed by atoms with Crippen LogP contribution in [0.5, 0.6) is 0 Å². The van der Waals surface area contributed by atoms with Crippen LogP contribution in [0.3, 0.4) is 0 Å². The van der Waals surface area contributed by atoms with E-state index in [-0.39, 0.29) is 0 Å². The molecule has 0 aliphatic carbocycles. The number of nitrogens with zero attached hydrogens (tertiary/aromatic N) is 4. The maximum Gasteiger partial charge on any atom is 0.165 e. The maximum atomic E-state index is 5.67. The van der Waals surface area contributed by atoms with Crippen molar-refractivity contribution in [2.75, 3.05) is 0 Å². The number of thiophene rings is 1. The van der Waals surface area contributed by atoms with Crippen LogP contribution in [0.15, 0.2) is 158 Å². The number of hydrogen-bond acceptors (Lipinski definition) is 3. The Bertz CT molecular complexity index is 3700. The van der Waals surface area contributed by atoms with Gasteiger partial charge in [-0.15, -0.1) is 11.3 Å². The average Bonchev–Trinajstić information content (AvgIpc) is 3.85. The van der Waals surface area contributed by atoms with Gasteiger partial charge in [0.1, 0.15) is 5.69 Å². The van der Waals surface area contributed by atoms with Gasteiger partial charge in [-0.25, -0.2) is 9.97 Å². The van der Waals surface area contributed by atoms with Crippen molar-refractivity contribution in [2.24, 2.45) is 0 Å². The van der Waals surface area contributed by atoms with Gasteiger partial charge in [-0.1, -0.05) is 115 Å². The summed E-state index contributed by atoms with van der Waals surface area (Å²) in [6, 6.07) is 57.3. The second kappa shape index (κ2) is 9.94. The van der Waals surface area contributed by atoms with Crippen molar-refractivity contribution in [1.82, 2.24) is 18.9 Å². The highest BCUT2D eigenvalue weighted by atomic mass is 32.1. The lowest BCUT2D eigenvalue weighted by Crippen LogP contribution is -2.04. The molecule has 0 aliphatic rings. The Morgan fingerprint density at radius 3 is 2.02 bits per heavy atom. The van der Waals surface area contributed by atoms with Crippen molar-refractivity contribution in [3.8, 4) is 17.1 Å². The first-order chi connectivity index (χ1) is 26.3. The van der Waals surface area contributed by atoms with Crippen LogP contribution < -0.4 is 0 Å². The van der Waals surface area contributed by atoms with E-state index in [9.17, 15) is 0 Å². The Morgan fingerprint density at radius 1 is 0.434 bits per heavy atom. The molecule has 5 heteroatoms. The SMILES string of the molecule is c1ccc2c(c1)ccc1nc(-c3ccc4c(c3)sc3ccccc34)c(-n3c4cccc5c6cccc7c8ccccc8n(c8cccc3c8c54)c67)nc12. The third kappa shape index (κ3) is 3.54. The lowest BCUT2D eigenvalue weighted by Gasteiger charge is -2.15. The van der Waals surface area contributed by atoms with E-state index >= 15 is 0 Å². The minimum absolute atomic E-state index is 0.833. The quantitative estimate of drug-likeness (QED) is 0.169. The molecule has 5 aromatic heterocycles. The first-order valence-electron chi connectivity index (χ1n) is 18.0. The van der Waals surface area contributed by atoms with Gasteiger partial charge >= 0.3 is 0 Å². The monoisotopic (exact) mass is 690 g/mol. The van der Waals surface area contributed by atoms with E-state index < -0.39 is 0 Å². The van der Waals surface area contributed by atoms with Crippen LogP contribution in [-0.2, 0) is 0 Å². The van der Waals surface area contributed by atoms with Gasteiger partial charge in [0.05, 0.1) is 38.6 Å². The van der Waals surface area contributed by atoms with Crippen LogP contribution in [0.1, 0.15) is 0 Å². The molecular weight excluding hydrogens is 665 g/mol. The zero-order valence-corrected chi connectivity index (χ0v) is 29.0. The number of benzene rings is 8. The van der Waals surface area contributed by atoms with Crippen molar-refractivity contribution in [1.29, 1.82) is 0 Å². The van der Waals surface area contributed by atoms with Gasteiger partial charge in [-0.3, -0.25) is 4.57 Å². The topological polar surface area (TPSA) is 35.1 Å². The molecular formula is C48H26N4S. The zero-order valence-electron chi connectivity index (χ0n) is 28.2. The molecule has 0 unspecified atom stereocenters. The van der Waals surface area contributed by atoms with Crippen LogP contribution in [0, 0.1) is 0 Å². The van der Waals surface area contributed by atoms with E-state index in [0.29, 0.717) is 0 Å². The fourth-order valence-electron chi connectivity index (χ4n) is 9.22. The molecule has 8 aromatic carbocycles. The van der Waals surface area contributed by atoms with E-state index in [1.165, 1.54) is 69.0 Å². The third-order valence-corrected chi connectivity index (χ3v) is 12.6. The summed E-state index contributed by atoms with van der Waals surface area (Å²) in [6.07, 6.45) is 0. The molecule has 0 radical (unpaired) electrons. The smallest absolute Gasteiger partial charge is 0.165 e. The molecule has 0 bridgehead atoms. The van der Waals surface area contributed by atoms with E-state index in [1.807, 2.05) is 11.3 Å². The van der Waals surface area contributed by atoms with Crippen LogP contribution in [0.25, 0.3) is 119 Å². The van der Waals surface area contributed by atoms with Gasteiger partial charge < -0.3 is 4.40 Å². The molecule has 13 aromatic rings. The molecule has 53 heavy (non-hydrogen) atoms. The largest absolute Gasteiger partial charge is 0.308 e. The number of hydrogen-bond donors (Lipinski definition) is 0. The Kier molecular flexibility index (Phi) is 5.22. The predicted molar refractivity (Wildman–Crippen MR) is 224 cm³/mol. The number of para-hydroxylation sites is 2. The Morgan fingerprint density at radius 2 is 1.09 bits per heavy atom. The van der Waals surface area contributed by atoms with Gasteiger partial charge in [0, 0.05) is 58.1 Å². The molecule has 0 saturated carbocycles. The lowest BCUT2D eigenvalue weighted by molar-refractivity contribution is 1.08. The van der Waals surface area contributed by atoms with E-state index in [4.69, 9.17) is 9.97 Å². The fraction of sp³-hybridized carbons (Fsp3) is 0. The van der Waals surface area contributed by atoms with E-state index in [2.05, 4.69) is 167 Å². The number of aromatic nitrogens is 4. The Labute approximate surface area is 305 Å². The van der Waals surface area contributed by atoms with Gasteiger partial charge in [0.2, 0.25) is 0 Å². The van der Waals surface area contributed by atoms with Gasteiger partial charge in [0.25, 0.3) is 0 Å². The van der Waals surface area contributed by atoms with Crippen molar-refractivity contribution in [3.63, 3.8) is 0 Å². The Hall–Kier alpha value is -6.82. The number of fused-ring (bicyclic) bond motifs is 11. The zero-order chi connectivity index (χ0) is 34.4. The maximum absolute atomic E-state index is 5.67. The highest BCUT2D eigenvalue weighted by molar-refractivity contribution is 7.25. The second-order valence-electron chi connectivity index (χ2n) is 14.1. The average molecular weight is 691 g/mol. The third-order valence-electron chi connectivity index (χ3n) is 11.4. The molecule has 0 amide bonds. The van der Waals surface area contributed by atoms with Gasteiger partial charge in [-0.05, 0) is 53.2 Å². The van der Waals surface area contributed by atoms with Crippen molar-refractivity contribution >= 4 is 113 Å². The number of rotatable bonds is 2. The summed E-state index contributed by atoms with van der Waals surface area (Å²) in [6.45, 7) is 0. The van der Waals surface area contributed by atoms with E-state index in [0.717, 1.165) is 49.9 Å². The van der Waals surface area contributed by atoms with Crippen LogP contribution in [-0.4, -0.2) is 18.9 Å². The first-order valence-corrected chi connectivity index (χ1v) is 18.8. The lowest BCUT2D eigenvalue weighted by atomic mass is 10.0. The fourth-order valence-corrected chi connectivity index (χ4v) is 10.4. The van der Waals surface area contributed by atoms with E-state index in [1.54, 1.807) is 0 Å². The molecule has 0 fully saturated rings. The minimum Gasteiger partial charge on any atom is -0.308 e. The van der Waals surface area contributed by atoms with Crippen LogP contribution in [0.2, 0.25) is 0 Å². The second-order valence-corrected chi connectivity index (χ2v) is 15.2. The summed E-state index contributed by atoms with van der Waals surface area (Å²) in [5.41, 5.74) is 9.60. The molecule has 0 aliphatic heterocycles. The summed E-state index contributed by atoms with van der Waals surface area (Å²) in [7, 11) is 0. The molecule has 0 spiro atoms. The molecule has 0 atom stereocenters. The molecule has 4 nitrogen and oxygen atoms in total. The highest BCUT2D eigenvalue weighted by Gasteiger charge is 2.25. The summed E-state index contributed by atoms with van der Waals surface area (Å²) in [5, 5.41) is 12.3. The van der Waals surface area contributed by atoms with Crippen molar-refractivity contribution in [3.05, 3.63) is 158 Å². The molecule has 5 heterocycles.